The first-order chi connectivity index (χ1) is 26.7. The van der Waals surface area contributed by atoms with Gasteiger partial charge in [-0.3, -0.25) is 9.59 Å². The van der Waals surface area contributed by atoms with Crippen molar-refractivity contribution in [3.8, 4) is 11.5 Å². The Morgan fingerprint density at radius 3 is 1.05 bits per heavy atom. The minimum absolute atomic E-state index is 0.195. The average molecular weight is 875 g/mol. The second-order valence-corrected chi connectivity index (χ2v) is 11.7. The van der Waals surface area contributed by atoms with Crippen molar-refractivity contribution in [3.63, 3.8) is 0 Å². The number of likely N-dealkylation sites (tertiary alicyclic amines) is 2. The van der Waals surface area contributed by atoms with Crippen LogP contribution in [0.5, 0.6) is 11.5 Å². The number of carboxylic acids is 2. The summed E-state index contributed by atoms with van der Waals surface area (Å²) in [5.41, 5.74) is 0. The van der Waals surface area contributed by atoms with Gasteiger partial charge < -0.3 is 29.5 Å². The molecule has 26 heteroatoms. The van der Waals surface area contributed by atoms with Gasteiger partial charge in [-0.15, -0.1) is 0 Å². The second-order valence-electron chi connectivity index (χ2n) is 11.7. The molecular weight excluding hydrogens is 844 g/mol. The van der Waals surface area contributed by atoms with Crippen molar-refractivity contribution in [2.24, 2.45) is 0 Å². The Balaban J connectivity index is 0.000000418. The van der Waals surface area contributed by atoms with Gasteiger partial charge in [0.1, 0.15) is 0 Å². The number of carbonyl (C=O) groups excluding carboxylic acids is 2. The molecule has 2 heterocycles. The fraction of sp³-hybridized carbons (Fsp3) is 0.500. The minimum atomic E-state index is -5.65. The van der Waals surface area contributed by atoms with E-state index < -0.39 is 106 Å². The number of esters is 2. The molecule has 58 heavy (non-hydrogen) atoms. The molecule has 10 nitrogen and oxygen atoms in total. The van der Waals surface area contributed by atoms with E-state index >= 15 is 0 Å². The van der Waals surface area contributed by atoms with E-state index in [0.717, 1.165) is 52.0 Å². The van der Waals surface area contributed by atoms with Gasteiger partial charge in [-0.05, 0) is 51.9 Å². The predicted octanol–water partition coefficient (Wildman–Crippen LogP) is 7.59. The van der Waals surface area contributed by atoms with Crippen molar-refractivity contribution >= 4 is 23.9 Å². The van der Waals surface area contributed by atoms with E-state index in [1.807, 2.05) is 4.90 Å². The van der Waals surface area contributed by atoms with Crippen molar-refractivity contribution in [3.05, 3.63) is 58.2 Å². The zero-order valence-corrected chi connectivity index (χ0v) is 29.2. The van der Waals surface area contributed by atoms with E-state index in [4.69, 9.17) is 15.0 Å². The number of aliphatic carboxylic acids is 2. The van der Waals surface area contributed by atoms with Gasteiger partial charge in [0.15, 0.2) is 0 Å². The van der Waals surface area contributed by atoms with Crippen LogP contribution in [-0.4, -0.2) is 95.5 Å². The number of rotatable bonds is 8. The fourth-order valence-electron chi connectivity index (χ4n) is 4.53. The number of carbonyl (C=O) groups is 4. The molecule has 2 aromatic carbocycles. The number of carboxylic acid groups (broad SMARTS) is 2. The molecule has 2 aromatic rings. The van der Waals surface area contributed by atoms with Crippen LogP contribution in [0.2, 0.25) is 0 Å². The number of halogens is 16. The van der Waals surface area contributed by atoms with Crippen LogP contribution in [0.15, 0.2) is 0 Å². The number of ether oxygens (including phenoxy) is 2. The second kappa shape index (κ2) is 22.9. The first-order valence-corrected chi connectivity index (χ1v) is 16.2. The summed E-state index contributed by atoms with van der Waals surface area (Å²) in [6.07, 6.45) is -3.77. The Morgan fingerprint density at radius 1 is 0.466 bits per heavy atom. The van der Waals surface area contributed by atoms with E-state index in [1.165, 1.54) is 19.3 Å². The number of hydrogen-bond acceptors (Lipinski definition) is 8. The molecule has 2 saturated heterocycles. The Morgan fingerprint density at radius 2 is 0.759 bits per heavy atom. The quantitative estimate of drug-likeness (QED) is 0.0899. The number of nitrogens with zero attached hydrogens (tertiary/aromatic N) is 2. The SMILES string of the molecule is O=C(CCN1CCCCC1)Oc1c(F)c(F)c(F)c(F)c1F.O=C(O)C(F)(F)F.O=C(O)CCN1CCCCC1.O=C(Oc1c(F)c(F)c(F)c(F)c1F)C(F)(F)F. The van der Waals surface area contributed by atoms with E-state index in [9.17, 15) is 84.6 Å². The first-order valence-electron chi connectivity index (χ1n) is 16.2. The maximum atomic E-state index is 13.3. The van der Waals surface area contributed by atoms with Crippen molar-refractivity contribution in [2.45, 2.75) is 63.7 Å². The van der Waals surface area contributed by atoms with Crippen molar-refractivity contribution < 1.29 is 109 Å². The summed E-state index contributed by atoms with van der Waals surface area (Å²) in [5.74, 6) is -35.3. The van der Waals surface area contributed by atoms with Gasteiger partial charge in [0.2, 0.25) is 69.7 Å². The van der Waals surface area contributed by atoms with Gasteiger partial charge in [0.05, 0.1) is 12.8 Å². The third-order valence-electron chi connectivity index (χ3n) is 7.40. The summed E-state index contributed by atoms with van der Waals surface area (Å²) in [7, 11) is 0. The lowest BCUT2D eigenvalue weighted by atomic mass is 10.1. The van der Waals surface area contributed by atoms with E-state index in [0.29, 0.717) is 13.0 Å². The summed E-state index contributed by atoms with van der Waals surface area (Å²) in [5, 5.41) is 15.5. The molecule has 4 rings (SSSR count). The molecule has 0 spiro atoms. The lowest BCUT2D eigenvalue weighted by molar-refractivity contribution is -0.192. The molecule has 0 saturated carbocycles. The summed E-state index contributed by atoms with van der Waals surface area (Å²) < 4.78 is 203. The molecular formula is C32H30F16N2O8. The van der Waals surface area contributed by atoms with Gasteiger partial charge in [-0.2, -0.15) is 43.9 Å². The van der Waals surface area contributed by atoms with Crippen molar-refractivity contribution in [2.75, 3.05) is 39.3 Å². The van der Waals surface area contributed by atoms with Gasteiger partial charge >= 0.3 is 36.2 Å². The van der Waals surface area contributed by atoms with Crippen LogP contribution in [0, 0.1) is 58.2 Å². The van der Waals surface area contributed by atoms with E-state index in [1.54, 1.807) is 0 Å². The van der Waals surface area contributed by atoms with Crippen LogP contribution in [0.25, 0.3) is 0 Å². The molecule has 0 radical (unpaired) electrons. The maximum Gasteiger partial charge on any atom is 0.491 e. The van der Waals surface area contributed by atoms with Crippen LogP contribution in [0.3, 0.4) is 0 Å². The third-order valence-corrected chi connectivity index (χ3v) is 7.40. The Labute approximate surface area is 315 Å². The van der Waals surface area contributed by atoms with Gasteiger partial charge in [-0.25, -0.2) is 35.9 Å². The molecule has 0 unspecified atom stereocenters. The lowest BCUT2D eigenvalue weighted by Gasteiger charge is -2.25. The molecule has 0 atom stereocenters. The molecule has 2 fully saturated rings. The number of piperidine rings is 2. The highest BCUT2D eigenvalue weighted by molar-refractivity contribution is 5.78. The molecule has 0 aromatic heterocycles. The van der Waals surface area contributed by atoms with Gasteiger partial charge in [0, 0.05) is 13.1 Å². The van der Waals surface area contributed by atoms with Gasteiger partial charge in [0.25, 0.3) is 0 Å². The Kier molecular flexibility index (Phi) is 20.2. The summed E-state index contributed by atoms with van der Waals surface area (Å²) >= 11 is 0. The normalized spacial score (nSPS) is 14.8. The van der Waals surface area contributed by atoms with Crippen LogP contribution >= 0.6 is 0 Å². The summed E-state index contributed by atoms with van der Waals surface area (Å²) in [6, 6.07) is 0. The topological polar surface area (TPSA) is 134 Å². The highest BCUT2D eigenvalue weighted by atomic mass is 19.4. The lowest BCUT2D eigenvalue weighted by Crippen LogP contribution is -2.32. The molecule has 0 bridgehead atoms. The van der Waals surface area contributed by atoms with E-state index in [-0.39, 0.29) is 6.42 Å². The highest BCUT2D eigenvalue weighted by Crippen LogP contribution is 2.31. The predicted molar refractivity (Wildman–Crippen MR) is 161 cm³/mol. The Hall–Kier alpha value is -4.88. The fourth-order valence-corrected chi connectivity index (χ4v) is 4.53. The van der Waals surface area contributed by atoms with Crippen LogP contribution in [0.1, 0.15) is 51.4 Å². The largest absolute Gasteiger partial charge is 0.491 e. The Bertz CT molecular complexity index is 1690. The van der Waals surface area contributed by atoms with Crippen LogP contribution < -0.4 is 9.47 Å². The molecule has 2 aliphatic rings. The van der Waals surface area contributed by atoms with Crippen molar-refractivity contribution in [1.82, 2.24) is 9.80 Å². The highest BCUT2D eigenvalue weighted by Gasteiger charge is 2.43. The minimum Gasteiger partial charge on any atom is -0.481 e. The number of benzene rings is 2. The molecule has 2 N–H and O–H groups in total. The maximum absolute atomic E-state index is 13.3. The third kappa shape index (κ3) is 16.2. The van der Waals surface area contributed by atoms with Crippen LogP contribution in [0.4, 0.5) is 70.2 Å². The molecule has 0 aliphatic carbocycles. The first kappa shape index (κ1) is 51.1. The summed E-state index contributed by atoms with van der Waals surface area (Å²) in [6.45, 7) is 4.83. The van der Waals surface area contributed by atoms with Gasteiger partial charge in [-0.1, -0.05) is 12.8 Å². The standard InChI is InChI=1S/C14H14F5NO2.C8F8O2.C8H15NO2.C2HF3O2/c15-9-10(16)12(18)14(13(19)11(9)17)22-8(21)4-7-20-5-2-1-3-6-20;9-1-2(10)4(12)6(5(13)3(1)11)18-7(17)8(14,15)16;10-8(11)4-7-9-5-2-1-3-6-9;3-2(4,5)1(6)7/h1-7H2;;1-7H2,(H,10,11);(H,6,7). The number of alkyl halides is 6. The van der Waals surface area contributed by atoms with Crippen LogP contribution in [-0.2, 0) is 19.2 Å². The molecule has 328 valence electrons. The summed E-state index contributed by atoms with van der Waals surface area (Å²) in [4.78, 5) is 45.1. The monoisotopic (exact) mass is 874 g/mol. The molecule has 2 aliphatic heterocycles. The van der Waals surface area contributed by atoms with E-state index in [2.05, 4.69) is 14.4 Å². The average Bonchev–Trinajstić information content (AvgIpc) is 3.17. The number of hydrogen-bond donors (Lipinski definition) is 2. The van der Waals surface area contributed by atoms with Crippen molar-refractivity contribution in [1.29, 1.82) is 0 Å². The smallest absolute Gasteiger partial charge is 0.481 e. The zero-order valence-electron chi connectivity index (χ0n) is 29.2. The zero-order chi connectivity index (χ0) is 44.7. The molecule has 0 amide bonds.